The molecule has 0 bridgehead atoms. The van der Waals surface area contributed by atoms with Crippen LogP contribution in [0.15, 0.2) is 36.4 Å². The lowest BCUT2D eigenvalue weighted by Gasteiger charge is -2.31. The Hall–Kier alpha value is -2.10. The maximum absolute atomic E-state index is 12.3. The van der Waals surface area contributed by atoms with Crippen molar-refractivity contribution in [3.05, 3.63) is 42.0 Å². The third-order valence-electron chi connectivity index (χ3n) is 3.99. The van der Waals surface area contributed by atoms with Gasteiger partial charge in [-0.3, -0.25) is 9.59 Å². The fourth-order valence-corrected chi connectivity index (χ4v) is 2.70. The molecule has 0 spiro atoms. The van der Waals surface area contributed by atoms with E-state index < -0.39 is 0 Å². The van der Waals surface area contributed by atoms with Crippen LogP contribution in [0.1, 0.15) is 31.7 Å². The predicted molar refractivity (Wildman–Crippen MR) is 83.2 cm³/mol. The van der Waals surface area contributed by atoms with E-state index in [2.05, 4.69) is 0 Å². The van der Waals surface area contributed by atoms with Gasteiger partial charge in [-0.25, -0.2) is 0 Å². The molecule has 112 valence electrons. The number of hydrogen-bond acceptors (Lipinski definition) is 2. The molecule has 1 saturated heterocycles. The van der Waals surface area contributed by atoms with E-state index in [4.69, 9.17) is 5.73 Å². The van der Waals surface area contributed by atoms with Crippen molar-refractivity contribution in [3.63, 3.8) is 0 Å². The fraction of sp³-hybridized carbons (Fsp3) is 0.412. The summed E-state index contributed by atoms with van der Waals surface area (Å²) in [5.74, 6) is 0.124. The summed E-state index contributed by atoms with van der Waals surface area (Å²) in [7, 11) is 0. The van der Waals surface area contributed by atoms with Crippen molar-refractivity contribution < 1.29 is 9.59 Å². The maximum Gasteiger partial charge on any atom is 0.246 e. The standard InChI is InChI=1S/C17H22N2O2/c1-13(15-5-3-2-4-6-15)11-17(21)19-9-7-14(8-10-19)12-16(18)20/h2-6,11,14H,7-10,12H2,1H3,(H2,18,20)/b13-11+. The molecule has 1 heterocycles. The maximum atomic E-state index is 12.3. The van der Waals surface area contributed by atoms with Gasteiger partial charge in [0.2, 0.25) is 11.8 Å². The number of allylic oxidation sites excluding steroid dienone is 1. The van der Waals surface area contributed by atoms with Gasteiger partial charge in [-0.2, -0.15) is 0 Å². The second kappa shape index (κ2) is 7.07. The van der Waals surface area contributed by atoms with Crippen molar-refractivity contribution in [1.82, 2.24) is 4.90 Å². The highest BCUT2D eigenvalue weighted by molar-refractivity contribution is 5.94. The summed E-state index contributed by atoms with van der Waals surface area (Å²) in [5, 5.41) is 0. The number of primary amides is 1. The number of likely N-dealkylation sites (tertiary alicyclic amines) is 1. The first-order valence-electron chi connectivity index (χ1n) is 7.37. The number of rotatable bonds is 4. The van der Waals surface area contributed by atoms with Crippen LogP contribution in [0, 0.1) is 5.92 Å². The molecule has 2 N–H and O–H groups in total. The van der Waals surface area contributed by atoms with Gasteiger partial charge in [0.15, 0.2) is 0 Å². The zero-order valence-corrected chi connectivity index (χ0v) is 12.4. The molecule has 0 unspecified atom stereocenters. The van der Waals surface area contributed by atoms with E-state index in [-0.39, 0.29) is 11.8 Å². The number of carbonyl (C=O) groups is 2. The highest BCUT2D eigenvalue weighted by Crippen LogP contribution is 2.21. The van der Waals surface area contributed by atoms with E-state index in [9.17, 15) is 9.59 Å². The van der Waals surface area contributed by atoms with Gasteiger partial charge in [-0.1, -0.05) is 30.3 Å². The highest BCUT2D eigenvalue weighted by Gasteiger charge is 2.22. The molecular weight excluding hydrogens is 264 g/mol. The number of benzene rings is 1. The molecule has 0 aliphatic carbocycles. The number of piperidine rings is 1. The van der Waals surface area contributed by atoms with Gasteiger partial charge in [0.25, 0.3) is 0 Å². The van der Waals surface area contributed by atoms with Crippen LogP contribution in [-0.4, -0.2) is 29.8 Å². The summed E-state index contributed by atoms with van der Waals surface area (Å²) >= 11 is 0. The minimum absolute atomic E-state index is 0.0499. The fourth-order valence-electron chi connectivity index (χ4n) is 2.70. The van der Waals surface area contributed by atoms with E-state index in [0.717, 1.165) is 24.0 Å². The third-order valence-corrected chi connectivity index (χ3v) is 3.99. The van der Waals surface area contributed by atoms with E-state index in [1.165, 1.54) is 0 Å². The van der Waals surface area contributed by atoms with Crippen molar-refractivity contribution in [1.29, 1.82) is 0 Å². The van der Waals surface area contributed by atoms with Crippen LogP contribution in [-0.2, 0) is 9.59 Å². The van der Waals surface area contributed by atoms with Crippen molar-refractivity contribution in [2.45, 2.75) is 26.2 Å². The molecule has 2 amide bonds. The Labute approximate surface area is 125 Å². The summed E-state index contributed by atoms with van der Waals surface area (Å²) in [4.78, 5) is 25.0. The second-order valence-corrected chi connectivity index (χ2v) is 5.63. The summed E-state index contributed by atoms with van der Waals surface area (Å²) in [5.41, 5.74) is 7.26. The quantitative estimate of drug-likeness (QED) is 0.862. The average molecular weight is 286 g/mol. The van der Waals surface area contributed by atoms with Crippen LogP contribution in [0.25, 0.3) is 5.57 Å². The number of nitrogens with two attached hydrogens (primary N) is 1. The minimum atomic E-state index is -0.250. The van der Waals surface area contributed by atoms with Crippen LogP contribution < -0.4 is 5.73 Å². The first-order valence-corrected chi connectivity index (χ1v) is 7.37. The molecule has 21 heavy (non-hydrogen) atoms. The zero-order valence-electron chi connectivity index (χ0n) is 12.4. The van der Waals surface area contributed by atoms with Crippen molar-refractivity contribution in [2.24, 2.45) is 11.7 Å². The number of nitrogens with zero attached hydrogens (tertiary/aromatic N) is 1. The molecule has 1 aliphatic heterocycles. The van der Waals surface area contributed by atoms with Crippen molar-refractivity contribution in [2.75, 3.05) is 13.1 Å². The van der Waals surface area contributed by atoms with Gasteiger partial charge in [0.05, 0.1) is 0 Å². The Morgan fingerprint density at radius 2 is 1.86 bits per heavy atom. The van der Waals surface area contributed by atoms with Crippen LogP contribution in [0.5, 0.6) is 0 Å². The Kier molecular flexibility index (Phi) is 5.14. The summed E-state index contributed by atoms with van der Waals surface area (Å²) in [6, 6.07) is 9.89. The SMILES string of the molecule is C/C(=C\C(=O)N1CCC(CC(N)=O)CC1)c1ccccc1. The Morgan fingerprint density at radius 1 is 1.24 bits per heavy atom. The molecule has 1 aromatic rings. The average Bonchev–Trinajstić information content (AvgIpc) is 2.48. The monoisotopic (exact) mass is 286 g/mol. The molecule has 1 aliphatic rings. The number of amides is 2. The molecule has 0 aromatic heterocycles. The molecular formula is C17H22N2O2. The van der Waals surface area contributed by atoms with Gasteiger partial charge < -0.3 is 10.6 Å². The lowest BCUT2D eigenvalue weighted by Crippen LogP contribution is -2.38. The molecule has 1 fully saturated rings. The van der Waals surface area contributed by atoms with Gasteiger partial charge in [0, 0.05) is 25.6 Å². The van der Waals surface area contributed by atoms with E-state index in [1.54, 1.807) is 6.08 Å². The zero-order chi connectivity index (χ0) is 15.2. The first kappa shape index (κ1) is 15.3. The highest BCUT2D eigenvalue weighted by atomic mass is 16.2. The Morgan fingerprint density at radius 3 is 2.43 bits per heavy atom. The van der Waals surface area contributed by atoms with Crippen LogP contribution in [0.2, 0.25) is 0 Å². The smallest absolute Gasteiger partial charge is 0.246 e. The second-order valence-electron chi connectivity index (χ2n) is 5.63. The molecule has 1 aromatic carbocycles. The van der Waals surface area contributed by atoms with Gasteiger partial charge >= 0.3 is 0 Å². The largest absolute Gasteiger partial charge is 0.370 e. The van der Waals surface area contributed by atoms with Crippen molar-refractivity contribution in [3.8, 4) is 0 Å². The van der Waals surface area contributed by atoms with E-state index in [0.29, 0.717) is 25.4 Å². The lowest BCUT2D eigenvalue weighted by atomic mass is 9.93. The molecule has 4 nitrogen and oxygen atoms in total. The lowest BCUT2D eigenvalue weighted by molar-refractivity contribution is -0.127. The molecule has 0 saturated carbocycles. The topological polar surface area (TPSA) is 63.4 Å². The molecule has 2 rings (SSSR count). The van der Waals surface area contributed by atoms with E-state index >= 15 is 0 Å². The Bertz CT molecular complexity index is 529. The van der Waals surface area contributed by atoms with Crippen LogP contribution in [0.3, 0.4) is 0 Å². The third kappa shape index (κ3) is 4.45. The summed E-state index contributed by atoms with van der Waals surface area (Å²) in [6.07, 6.45) is 3.84. The molecule has 4 heteroatoms. The van der Waals surface area contributed by atoms with Gasteiger partial charge in [0.1, 0.15) is 0 Å². The summed E-state index contributed by atoms with van der Waals surface area (Å²) in [6.45, 7) is 3.36. The van der Waals surface area contributed by atoms with Gasteiger partial charge in [-0.05, 0) is 36.8 Å². The van der Waals surface area contributed by atoms with Crippen LogP contribution in [0.4, 0.5) is 0 Å². The molecule has 0 atom stereocenters. The normalized spacial score (nSPS) is 16.8. The summed E-state index contributed by atoms with van der Waals surface area (Å²) < 4.78 is 0. The Balaban J connectivity index is 1.92. The molecule has 0 radical (unpaired) electrons. The minimum Gasteiger partial charge on any atom is -0.370 e. The van der Waals surface area contributed by atoms with Crippen LogP contribution >= 0.6 is 0 Å². The number of carbonyl (C=O) groups excluding carboxylic acids is 2. The van der Waals surface area contributed by atoms with Crippen molar-refractivity contribution >= 4 is 17.4 Å². The van der Waals surface area contributed by atoms with E-state index in [1.807, 2.05) is 42.2 Å². The predicted octanol–water partition coefficient (Wildman–Crippen LogP) is 2.20. The first-order chi connectivity index (χ1) is 10.1. The number of hydrogen-bond donors (Lipinski definition) is 1. The van der Waals surface area contributed by atoms with Gasteiger partial charge in [-0.15, -0.1) is 0 Å².